The van der Waals surface area contributed by atoms with E-state index in [9.17, 15) is 22.9 Å². The number of nitrogens with zero attached hydrogens (tertiary/aromatic N) is 3. The van der Waals surface area contributed by atoms with Gasteiger partial charge in [-0.3, -0.25) is 19.9 Å². The van der Waals surface area contributed by atoms with Gasteiger partial charge in [0.05, 0.1) is 17.2 Å². The van der Waals surface area contributed by atoms with Crippen molar-refractivity contribution >= 4 is 21.5 Å². The van der Waals surface area contributed by atoms with Crippen LogP contribution in [0.25, 0.3) is 0 Å². The number of hydrogen-bond acceptors (Lipinski definition) is 6. The molecule has 0 radical (unpaired) electrons. The molecule has 0 fully saturated rings. The normalized spacial score (nSPS) is 10.9. The molecule has 108 valence electrons. The molecule has 0 saturated carbocycles. The van der Waals surface area contributed by atoms with Crippen molar-refractivity contribution in [1.82, 2.24) is 10.2 Å². The molecular weight excluding hydrogens is 305 g/mol. The number of rotatable bonds is 4. The highest BCUT2D eigenvalue weighted by Crippen LogP contribution is 2.23. The number of benzene rings is 1. The van der Waals surface area contributed by atoms with Gasteiger partial charge >= 0.3 is 0 Å². The standard InChI is InChI=1S/C10H6FN5O4S/c11-8-3-7(16(17)18)1-2-9(8)21(19,20)15-10-6(4-12)5-13-14-10/h1-3,5H,(H2,13,14,15). The molecule has 0 aliphatic heterocycles. The molecule has 9 nitrogen and oxygen atoms in total. The minimum atomic E-state index is -4.36. The molecule has 1 heterocycles. The maximum atomic E-state index is 13.7. The predicted octanol–water partition coefficient (Wildman–Crippen LogP) is 1.13. The number of nitro groups is 1. The van der Waals surface area contributed by atoms with Gasteiger partial charge in [-0.05, 0) is 6.07 Å². The van der Waals surface area contributed by atoms with Crippen molar-refractivity contribution in [2.45, 2.75) is 4.90 Å². The monoisotopic (exact) mass is 311 g/mol. The van der Waals surface area contributed by atoms with E-state index in [1.54, 1.807) is 6.07 Å². The van der Waals surface area contributed by atoms with Crippen LogP contribution in [0.1, 0.15) is 5.56 Å². The van der Waals surface area contributed by atoms with Gasteiger partial charge in [-0.2, -0.15) is 10.4 Å². The van der Waals surface area contributed by atoms with Crippen LogP contribution in [0.2, 0.25) is 0 Å². The third-order valence-corrected chi connectivity index (χ3v) is 3.79. The van der Waals surface area contributed by atoms with Crippen molar-refractivity contribution < 1.29 is 17.7 Å². The van der Waals surface area contributed by atoms with Crippen LogP contribution in [0, 0.1) is 27.3 Å². The quantitative estimate of drug-likeness (QED) is 0.640. The number of aromatic nitrogens is 2. The molecule has 2 N–H and O–H groups in total. The van der Waals surface area contributed by atoms with E-state index in [1.807, 2.05) is 4.72 Å². The van der Waals surface area contributed by atoms with Crippen LogP contribution in [-0.4, -0.2) is 23.5 Å². The first kappa shape index (κ1) is 14.4. The summed E-state index contributed by atoms with van der Waals surface area (Å²) in [5.74, 6) is -1.51. The van der Waals surface area contributed by atoms with Crippen molar-refractivity contribution in [3.8, 4) is 6.07 Å². The lowest BCUT2D eigenvalue weighted by Crippen LogP contribution is -2.15. The molecular formula is C10H6FN5O4S. The smallest absolute Gasteiger partial charge is 0.263 e. The molecule has 0 aliphatic rings. The minimum absolute atomic E-state index is 0.0825. The number of anilines is 1. The first-order valence-electron chi connectivity index (χ1n) is 5.25. The summed E-state index contributed by atoms with van der Waals surface area (Å²) < 4.78 is 39.6. The van der Waals surface area contributed by atoms with E-state index in [4.69, 9.17) is 5.26 Å². The summed E-state index contributed by atoms with van der Waals surface area (Å²) in [6.07, 6.45) is 1.09. The Bertz CT molecular complexity index is 855. The van der Waals surface area contributed by atoms with Gasteiger partial charge in [0.1, 0.15) is 16.5 Å². The molecule has 2 rings (SSSR count). The SMILES string of the molecule is N#Cc1cn[nH]c1NS(=O)(=O)c1ccc([N+](=O)[O-])cc1F. The summed E-state index contributed by atoms with van der Waals surface area (Å²) in [4.78, 5) is 8.84. The Labute approximate surface area is 117 Å². The number of hydrogen-bond donors (Lipinski definition) is 2. The van der Waals surface area contributed by atoms with Crippen LogP contribution in [0.3, 0.4) is 0 Å². The third-order valence-electron chi connectivity index (χ3n) is 2.41. The molecule has 0 bridgehead atoms. The Hall–Kier alpha value is -3.00. The lowest BCUT2D eigenvalue weighted by molar-refractivity contribution is -0.385. The zero-order valence-corrected chi connectivity index (χ0v) is 10.9. The van der Waals surface area contributed by atoms with Crippen molar-refractivity contribution in [3.63, 3.8) is 0 Å². The fourth-order valence-corrected chi connectivity index (χ4v) is 2.56. The molecule has 2 aromatic rings. The number of nitrogens with one attached hydrogen (secondary N) is 2. The highest BCUT2D eigenvalue weighted by molar-refractivity contribution is 7.92. The highest BCUT2D eigenvalue weighted by Gasteiger charge is 2.23. The number of nitriles is 1. The zero-order chi connectivity index (χ0) is 15.6. The molecule has 0 atom stereocenters. The number of aromatic amines is 1. The van der Waals surface area contributed by atoms with E-state index in [0.29, 0.717) is 6.07 Å². The highest BCUT2D eigenvalue weighted by atomic mass is 32.2. The average molecular weight is 311 g/mol. The van der Waals surface area contributed by atoms with Crippen LogP contribution in [-0.2, 0) is 10.0 Å². The second-order valence-electron chi connectivity index (χ2n) is 3.75. The number of non-ortho nitro benzene ring substituents is 1. The Morgan fingerprint density at radius 3 is 2.76 bits per heavy atom. The molecule has 1 aromatic heterocycles. The van der Waals surface area contributed by atoms with Crippen LogP contribution < -0.4 is 4.72 Å². The van der Waals surface area contributed by atoms with Gasteiger partial charge in [0.15, 0.2) is 11.6 Å². The summed E-state index contributed by atoms with van der Waals surface area (Å²) in [7, 11) is -4.36. The second kappa shape index (κ2) is 5.17. The lowest BCUT2D eigenvalue weighted by atomic mass is 10.3. The van der Waals surface area contributed by atoms with E-state index >= 15 is 0 Å². The van der Waals surface area contributed by atoms with Crippen LogP contribution >= 0.6 is 0 Å². The van der Waals surface area contributed by atoms with E-state index < -0.39 is 31.3 Å². The molecule has 11 heteroatoms. The van der Waals surface area contributed by atoms with E-state index in [-0.39, 0.29) is 11.4 Å². The van der Waals surface area contributed by atoms with Crippen molar-refractivity contribution in [1.29, 1.82) is 5.26 Å². The molecule has 0 spiro atoms. The van der Waals surface area contributed by atoms with E-state index in [1.165, 1.54) is 0 Å². The van der Waals surface area contributed by atoms with Crippen molar-refractivity contribution in [2.75, 3.05) is 4.72 Å². The summed E-state index contributed by atoms with van der Waals surface area (Å²) in [5.41, 5.74) is -0.661. The molecule has 0 amide bonds. The van der Waals surface area contributed by atoms with Gasteiger partial charge in [-0.15, -0.1) is 0 Å². The molecule has 1 aromatic carbocycles. The van der Waals surface area contributed by atoms with E-state index in [0.717, 1.165) is 18.3 Å². The molecule has 0 aliphatic carbocycles. The predicted molar refractivity (Wildman–Crippen MR) is 67.2 cm³/mol. The Balaban J connectivity index is 2.41. The fraction of sp³-hybridized carbons (Fsp3) is 0. The Morgan fingerprint density at radius 1 is 1.48 bits per heavy atom. The maximum absolute atomic E-state index is 13.7. The van der Waals surface area contributed by atoms with Gasteiger partial charge in [-0.1, -0.05) is 0 Å². The topological polar surface area (TPSA) is 142 Å². The lowest BCUT2D eigenvalue weighted by Gasteiger charge is -2.07. The van der Waals surface area contributed by atoms with Gasteiger partial charge in [-0.25, -0.2) is 12.8 Å². The van der Waals surface area contributed by atoms with Crippen LogP contribution in [0.5, 0.6) is 0 Å². The summed E-state index contributed by atoms with van der Waals surface area (Å²) in [6, 6.07) is 3.80. The Kier molecular flexibility index (Phi) is 3.55. The summed E-state index contributed by atoms with van der Waals surface area (Å²) in [5, 5.41) is 24.9. The molecule has 0 unspecified atom stereocenters. The van der Waals surface area contributed by atoms with Gasteiger partial charge in [0, 0.05) is 6.07 Å². The van der Waals surface area contributed by atoms with Crippen molar-refractivity contribution in [3.05, 3.63) is 45.9 Å². The number of halogens is 1. The van der Waals surface area contributed by atoms with E-state index in [2.05, 4.69) is 10.2 Å². The second-order valence-corrected chi connectivity index (χ2v) is 5.40. The zero-order valence-electron chi connectivity index (χ0n) is 10.1. The fourth-order valence-electron chi connectivity index (χ4n) is 1.46. The maximum Gasteiger partial charge on any atom is 0.272 e. The summed E-state index contributed by atoms with van der Waals surface area (Å²) in [6.45, 7) is 0. The minimum Gasteiger partial charge on any atom is -0.263 e. The van der Waals surface area contributed by atoms with Gasteiger partial charge in [0.25, 0.3) is 15.7 Å². The molecule has 0 saturated heterocycles. The van der Waals surface area contributed by atoms with Gasteiger partial charge in [0.2, 0.25) is 0 Å². The molecule has 21 heavy (non-hydrogen) atoms. The average Bonchev–Trinajstić information content (AvgIpc) is 2.84. The number of H-pyrrole nitrogens is 1. The van der Waals surface area contributed by atoms with Crippen molar-refractivity contribution in [2.24, 2.45) is 0 Å². The first-order chi connectivity index (χ1) is 9.85. The summed E-state index contributed by atoms with van der Waals surface area (Å²) >= 11 is 0. The largest absolute Gasteiger partial charge is 0.272 e. The number of nitro benzene ring substituents is 1. The third kappa shape index (κ3) is 2.79. The van der Waals surface area contributed by atoms with Gasteiger partial charge < -0.3 is 0 Å². The first-order valence-corrected chi connectivity index (χ1v) is 6.73. The Morgan fingerprint density at radius 2 is 2.19 bits per heavy atom. The number of sulfonamides is 1. The van der Waals surface area contributed by atoms with Crippen LogP contribution in [0.4, 0.5) is 15.9 Å². The van der Waals surface area contributed by atoms with Crippen LogP contribution in [0.15, 0.2) is 29.3 Å².